The van der Waals surface area contributed by atoms with Crippen LogP contribution in [0.3, 0.4) is 0 Å². The maximum absolute atomic E-state index is 12.6. The van der Waals surface area contributed by atoms with Gasteiger partial charge in [0.05, 0.1) is 4.88 Å². The molecule has 0 radical (unpaired) electrons. The van der Waals surface area contributed by atoms with Gasteiger partial charge in [-0.05, 0) is 31.4 Å². The number of rotatable bonds is 10. The maximum Gasteiger partial charge on any atom is 0.280 e. The van der Waals surface area contributed by atoms with Crippen molar-refractivity contribution in [3.05, 3.63) is 23.3 Å². The fourth-order valence-corrected chi connectivity index (χ4v) is 5.16. The van der Waals surface area contributed by atoms with Crippen LogP contribution in [-0.2, 0) is 7.05 Å². The van der Waals surface area contributed by atoms with E-state index in [1.807, 2.05) is 13.1 Å². The SMILES string of the molecule is CCCCCCCNc1ccc2c(-c3cnc(C(=O)NC4CCCCC4)s3)nn(C)c2n1. The van der Waals surface area contributed by atoms with Crippen molar-refractivity contribution in [1.29, 1.82) is 0 Å². The first-order valence-corrected chi connectivity index (χ1v) is 12.8. The zero-order valence-corrected chi connectivity index (χ0v) is 20.0. The minimum absolute atomic E-state index is 0.0723. The summed E-state index contributed by atoms with van der Waals surface area (Å²) in [6.45, 7) is 3.17. The molecule has 2 N–H and O–H groups in total. The molecule has 0 spiro atoms. The van der Waals surface area contributed by atoms with E-state index in [1.54, 1.807) is 10.9 Å². The van der Waals surface area contributed by atoms with Crippen LogP contribution in [0, 0.1) is 0 Å². The largest absolute Gasteiger partial charge is 0.370 e. The molecule has 1 saturated carbocycles. The third-order valence-corrected chi connectivity index (χ3v) is 7.15. The predicted octanol–water partition coefficient (Wildman–Crippen LogP) is 5.54. The molecule has 4 rings (SSSR count). The minimum atomic E-state index is -0.0723. The first-order chi connectivity index (χ1) is 15.7. The van der Waals surface area contributed by atoms with Gasteiger partial charge in [0.25, 0.3) is 5.91 Å². The van der Waals surface area contributed by atoms with E-state index in [1.165, 1.54) is 56.3 Å². The van der Waals surface area contributed by atoms with Crippen LogP contribution in [0.4, 0.5) is 5.82 Å². The van der Waals surface area contributed by atoms with E-state index >= 15 is 0 Å². The molecule has 172 valence electrons. The summed E-state index contributed by atoms with van der Waals surface area (Å²) in [6.07, 6.45) is 13.8. The molecule has 3 aromatic rings. The number of carbonyl (C=O) groups excluding carboxylic acids is 1. The highest BCUT2D eigenvalue weighted by Gasteiger charge is 2.21. The van der Waals surface area contributed by atoms with Crippen LogP contribution in [0.2, 0.25) is 0 Å². The molecule has 0 aromatic carbocycles. The molecule has 1 aliphatic carbocycles. The Balaban J connectivity index is 1.42. The Morgan fingerprint density at radius 2 is 1.97 bits per heavy atom. The molecule has 0 saturated heterocycles. The Morgan fingerprint density at radius 3 is 2.78 bits per heavy atom. The van der Waals surface area contributed by atoms with E-state index in [-0.39, 0.29) is 11.9 Å². The van der Waals surface area contributed by atoms with Gasteiger partial charge >= 0.3 is 0 Å². The zero-order chi connectivity index (χ0) is 22.3. The fourth-order valence-electron chi connectivity index (χ4n) is 4.34. The number of nitrogens with zero attached hydrogens (tertiary/aromatic N) is 4. The quantitative estimate of drug-likeness (QED) is 0.393. The summed E-state index contributed by atoms with van der Waals surface area (Å²) in [7, 11) is 1.91. The van der Waals surface area contributed by atoms with E-state index in [0.29, 0.717) is 5.01 Å². The van der Waals surface area contributed by atoms with Gasteiger partial charge in [-0.3, -0.25) is 4.79 Å². The van der Waals surface area contributed by atoms with E-state index in [0.717, 1.165) is 53.2 Å². The van der Waals surface area contributed by atoms with Crippen molar-refractivity contribution < 1.29 is 4.79 Å². The van der Waals surface area contributed by atoms with Gasteiger partial charge in [-0.25, -0.2) is 14.6 Å². The van der Waals surface area contributed by atoms with Crippen LogP contribution in [0.1, 0.15) is 80.9 Å². The van der Waals surface area contributed by atoms with E-state index in [4.69, 9.17) is 4.98 Å². The predicted molar refractivity (Wildman–Crippen MR) is 131 cm³/mol. The van der Waals surface area contributed by atoms with Gasteiger partial charge in [-0.2, -0.15) is 5.10 Å². The van der Waals surface area contributed by atoms with E-state index < -0.39 is 0 Å². The third-order valence-electron chi connectivity index (χ3n) is 6.15. The molecule has 0 bridgehead atoms. The molecule has 8 heteroatoms. The number of unbranched alkanes of at least 4 members (excludes halogenated alkanes) is 4. The lowest BCUT2D eigenvalue weighted by atomic mass is 9.95. The van der Waals surface area contributed by atoms with Crippen LogP contribution >= 0.6 is 11.3 Å². The topological polar surface area (TPSA) is 84.7 Å². The van der Waals surface area contributed by atoms with E-state index in [2.05, 4.69) is 33.7 Å². The number of amides is 1. The molecule has 7 nitrogen and oxygen atoms in total. The Morgan fingerprint density at radius 1 is 1.16 bits per heavy atom. The van der Waals surface area contributed by atoms with Crippen LogP contribution in [0.5, 0.6) is 0 Å². The molecule has 1 fully saturated rings. The van der Waals surface area contributed by atoms with Gasteiger partial charge < -0.3 is 10.6 Å². The van der Waals surface area contributed by atoms with Gasteiger partial charge in [-0.1, -0.05) is 51.9 Å². The second-order valence-electron chi connectivity index (χ2n) is 8.72. The summed E-state index contributed by atoms with van der Waals surface area (Å²) in [4.78, 5) is 22.7. The lowest BCUT2D eigenvalue weighted by Gasteiger charge is -2.22. The van der Waals surface area contributed by atoms with Gasteiger partial charge in [0.1, 0.15) is 11.5 Å². The smallest absolute Gasteiger partial charge is 0.280 e. The lowest BCUT2D eigenvalue weighted by Crippen LogP contribution is -2.36. The highest BCUT2D eigenvalue weighted by molar-refractivity contribution is 7.17. The van der Waals surface area contributed by atoms with Crippen LogP contribution in [0.25, 0.3) is 21.6 Å². The van der Waals surface area contributed by atoms with Crippen LogP contribution in [0.15, 0.2) is 18.3 Å². The number of nitrogens with one attached hydrogen (secondary N) is 2. The fraction of sp³-hybridized carbons (Fsp3) is 0.583. The van der Waals surface area contributed by atoms with Gasteiger partial charge in [0.15, 0.2) is 10.7 Å². The third kappa shape index (κ3) is 5.46. The molecular formula is C24H34N6OS. The van der Waals surface area contributed by atoms with Gasteiger partial charge in [0, 0.05) is 31.2 Å². The van der Waals surface area contributed by atoms with Crippen molar-refractivity contribution in [1.82, 2.24) is 25.1 Å². The van der Waals surface area contributed by atoms with E-state index in [9.17, 15) is 4.79 Å². The number of fused-ring (bicyclic) bond motifs is 1. The summed E-state index contributed by atoms with van der Waals surface area (Å²) in [5.74, 6) is 0.802. The molecule has 0 atom stereocenters. The van der Waals surface area contributed by atoms with Gasteiger partial charge in [0.2, 0.25) is 0 Å². The van der Waals surface area contributed by atoms with Gasteiger partial charge in [-0.15, -0.1) is 11.3 Å². The van der Waals surface area contributed by atoms with Crippen molar-refractivity contribution in [2.45, 2.75) is 77.2 Å². The summed E-state index contributed by atoms with van der Waals surface area (Å²) >= 11 is 1.40. The van der Waals surface area contributed by atoms with Crippen LogP contribution < -0.4 is 10.6 Å². The molecule has 32 heavy (non-hydrogen) atoms. The summed E-state index contributed by atoms with van der Waals surface area (Å²) in [5, 5.41) is 12.7. The first-order valence-electron chi connectivity index (χ1n) is 12.0. The average Bonchev–Trinajstić information content (AvgIpc) is 3.42. The second-order valence-corrected chi connectivity index (χ2v) is 9.75. The highest BCUT2D eigenvalue weighted by atomic mass is 32.1. The Hall–Kier alpha value is -2.48. The molecular weight excluding hydrogens is 420 g/mol. The molecule has 3 heterocycles. The normalized spacial score (nSPS) is 14.7. The minimum Gasteiger partial charge on any atom is -0.370 e. The summed E-state index contributed by atoms with van der Waals surface area (Å²) in [5.41, 5.74) is 1.66. The lowest BCUT2D eigenvalue weighted by molar-refractivity contribution is 0.0927. The standard InChI is InChI=1S/C24H34N6OS/c1-3-4-5-6-10-15-25-20-14-13-18-21(29-30(2)22(18)28-20)19-16-26-24(32-19)23(31)27-17-11-8-7-9-12-17/h13-14,16-17H,3-12,15H2,1-2H3,(H,25,28)(H,27,31). The highest BCUT2D eigenvalue weighted by Crippen LogP contribution is 2.32. The number of thiazole rings is 1. The summed E-state index contributed by atoms with van der Waals surface area (Å²) in [6, 6.07) is 4.35. The number of hydrogen-bond acceptors (Lipinski definition) is 6. The molecule has 0 unspecified atom stereocenters. The maximum atomic E-state index is 12.6. The Kier molecular flexibility index (Phi) is 7.73. The number of hydrogen-bond donors (Lipinski definition) is 2. The second kappa shape index (κ2) is 10.9. The Labute approximate surface area is 194 Å². The Bertz CT molecular complexity index is 1040. The monoisotopic (exact) mass is 454 g/mol. The number of anilines is 1. The number of pyridine rings is 1. The molecule has 0 aliphatic heterocycles. The number of aryl methyl sites for hydroxylation is 1. The van der Waals surface area contributed by atoms with Crippen molar-refractivity contribution in [2.24, 2.45) is 7.05 Å². The number of aromatic nitrogens is 4. The number of carbonyl (C=O) groups is 1. The van der Waals surface area contributed by atoms with Crippen LogP contribution in [-0.4, -0.2) is 38.2 Å². The first kappa shape index (κ1) is 22.7. The average molecular weight is 455 g/mol. The molecule has 1 aliphatic rings. The zero-order valence-electron chi connectivity index (χ0n) is 19.2. The molecule has 1 amide bonds. The summed E-state index contributed by atoms with van der Waals surface area (Å²) < 4.78 is 1.80. The van der Waals surface area contributed by atoms with Crippen molar-refractivity contribution in [3.8, 4) is 10.6 Å². The van der Waals surface area contributed by atoms with Crippen molar-refractivity contribution in [2.75, 3.05) is 11.9 Å². The van der Waals surface area contributed by atoms with Crippen molar-refractivity contribution >= 4 is 34.1 Å². The van der Waals surface area contributed by atoms with Crippen molar-refractivity contribution in [3.63, 3.8) is 0 Å². The molecule has 3 aromatic heterocycles.